The molecule has 0 bridgehead atoms. The van der Waals surface area contributed by atoms with E-state index in [0.29, 0.717) is 34.7 Å². The number of benzene rings is 1. The number of hydrogen-bond donors (Lipinski definition) is 1. The highest BCUT2D eigenvalue weighted by Crippen LogP contribution is 2.29. The van der Waals surface area contributed by atoms with E-state index in [9.17, 15) is 9.59 Å². The van der Waals surface area contributed by atoms with Gasteiger partial charge in [0.2, 0.25) is 16.9 Å². The molecule has 5 rings (SSSR count). The molecule has 1 unspecified atom stereocenters. The number of furan rings is 1. The highest BCUT2D eigenvalue weighted by atomic mass is 32.1. The van der Waals surface area contributed by atoms with Gasteiger partial charge in [0.15, 0.2) is 5.76 Å². The summed E-state index contributed by atoms with van der Waals surface area (Å²) in [4.78, 5) is 31.8. The van der Waals surface area contributed by atoms with Gasteiger partial charge in [-0.05, 0) is 43.3 Å². The molecule has 1 atom stereocenters. The number of nitrogens with one attached hydrogen (secondary N) is 1. The molecule has 168 valence electrons. The van der Waals surface area contributed by atoms with Crippen LogP contribution in [0.4, 0.5) is 11.5 Å². The van der Waals surface area contributed by atoms with Gasteiger partial charge in [-0.25, -0.2) is 4.98 Å². The Morgan fingerprint density at radius 2 is 2.09 bits per heavy atom. The standard InChI is InChI=1S/C23H21N5O4S/c1-14-10-20(28(26-14)23-24-18(13-33-23)19-4-3-9-32-19)25-22(30)15-11-21(29)27(12-15)16-5-7-17(31-2)8-6-16/h3-10,13,15H,11-12H2,1-2H3,(H,25,30). The number of rotatable bonds is 6. The molecule has 0 spiro atoms. The van der Waals surface area contributed by atoms with Crippen molar-refractivity contribution in [1.82, 2.24) is 14.8 Å². The molecule has 33 heavy (non-hydrogen) atoms. The first kappa shape index (κ1) is 21.0. The van der Waals surface area contributed by atoms with Crippen LogP contribution in [-0.4, -0.2) is 40.2 Å². The maximum atomic E-state index is 13.0. The number of hydrogen-bond acceptors (Lipinski definition) is 7. The first-order valence-electron chi connectivity index (χ1n) is 10.3. The van der Waals surface area contributed by atoms with Crippen molar-refractivity contribution >= 4 is 34.7 Å². The van der Waals surface area contributed by atoms with E-state index in [2.05, 4.69) is 15.4 Å². The summed E-state index contributed by atoms with van der Waals surface area (Å²) in [5.41, 5.74) is 2.18. The van der Waals surface area contributed by atoms with Crippen LogP contribution in [0.25, 0.3) is 16.6 Å². The molecule has 10 heteroatoms. The van der Waals surface area contributed by atoms with Crippen molar-refractivity contribution < 1.29 is 18.7 Å². The van der Waals surface area contributed by atoms with E-state index in [1.54, 1.807) is 47.2 Å². The van der Waals surface area contributed by atoms with Crippen LogP contribution < -0.4 is 15.0 Å². The summed E-state index contributed by atoms with van der Waals surface area (Å²) in [5.74, 6) is 1.08. The van der Waals surface area contributed by atoms with E-state index in [4.69, 9.17) is 9.15 Å². The van der Waals surface area contributed by atoms with E-state index in [-0.39, 0.29) is 18.2 Å². The Bertz CT molecular complexity index is 1290. The fraction of sp³-hybridized carbons (Fsp3) is 0.217. The number of amides is 2. The first-order chi connectivity index (χ1) is 16.0. The third-order valence-corrected chi connectivity index (χ3v) is 6.23. The summed E-state index contributed by atoms with van der Waals surface area (Å²) >= 11 is 1.39. The molecular formula is C23H21N5O4S. The van der Waals surface area contributed by atoms with Crippen LogP contribution in [0.15, 0.2) is 58.5 Å². The Labute approximate surface area is 193 Å². The SMILES string of the molecule is COc1ccc(N2CC(C(=O)Nc3cc(C)nn3-c3nc(-c4ccco4)cs3)CC2=O)cc1. The van der Waals surface area contributed by atoms with Gasteiger partial charge in [0.05, 0.1) is 25.0 Å². The molecule has 3 aromatic heterocycles. The molecule has 1 aliphatic rings. The Morgan fingerprint density at radius 1 is 1.27 bits per heavy atom. The minimum atomic E-state index is -0.474. The van der Waals surface area contributed by atoms with E-state index >= 15 is 0 Å². The van der Waals surface area contributed by atoms with Crippen molar-refractivity contribution in [2.24, 2.45) is 5.92 Å². The van der Waals surface area contributed by atoms with Gasteiger partial charge < -0.3 is 19.4 Å². The Morgan fingerprint density at radius 3 is 2.82 bits per heavy atom. The summed E-state index contributed by atoms with van der Waals surface area (Å²) in [5, 5.41) is 9.89. The predicted octanol–water partition coefficient (Wildman–Crippen LogP) is 3.90. The monoisotopic (exact) mass is 463 g/mol. The number of aromatic nitrogens is 3. The second-order valence-electron chi connectivity index (χ2n) is 7.67. The molecule has 9 nitrogen and oxygen atoms in total. The fourth-order valence-corrected chi connectivity index (χ4v) is 4.53. The van der Waals surface area contributed by atoms with Crippen molar-refractivity contribution in [3.05, 3.63) is 59.8 Å². The van der Waals surface area contributed by atoms with Crippen LogP contribution in [0.2, 0.25) is 0 Å². The fourth-order valence-electron chi connectivity index (χ4n) is 3.76. The summed E-state index contributed by atoms with van der Waals surface area (Å²) in [6.45, 7) is 2.15. The maximum absolute atomic E-state index is 13.0. The Hall–Kier alpha value is -3.92. The minimum absolute atomic E-state index is 0.0898. The number of thiazole rings is 1. The van der Waals surface area contributed by atoms with Crippen molar-refractivity contribution in [2.75, 3.05) is 23.9 Å². The number of methoxy groups -OCH3 is 1. The lowest BCUT2D eigenvalue weighted by molar-refractivity contribution is -0.122. The smallest absolute Gasteiger partial charge is 0.230 e. The maximum Gasteiger partial charge on any atom is 0.230 e. The second-order valence-corrected chi connectivity index (χ2v) is 8.50. The number of carbonyl (C=O) groups excluding carboxylic acids is 2. The number of carbonyl (C=O) groups is 2. The lowest BCUT2D eigenvalue weighted by Gasteiger charge is -2.17. The number of aryl methyl sites for hydroxylation is 1. The van der Waals surface area contributed by atoms with Gasteiger partial charge in [-0.1, -0.05) is 0 Å². The molecular weight excluding hydrogens is 442 g/mol. The molecule has 0 aliphatic carbocycles. The zero-order chi connectivity index (χ0) is 22.9. The first-order valence-corrected chi connectivity index (χ1v) is 11.2. The molecule has 1 aromatic carbocycles. The zero-order valence-corrected chi connectivity index (χ0v) is 18.8. The number of anilines is 2. The lowest BCUT2D eigenvalue weighted by Crippen LogP contribution is -2.28. The van der Waals surface area contributed by atoms with E-state index in [1.807, 2.05) is 30.5 Å². The van der Waals surface area contributed by atoms with Crippen LogP contribution in [0.1, 0.15) is 12.1 Å². The third-order valence-electron chi connectivity index (χ3n) is 5.41. The summed E-state index contributed by atoms with van der Waals surface area (Å²) in [7, 11) is 1.59. The molecule has 2 amide bonds. The zero-order valence-electron chi connectivity index (χ0n) is 18.0. The van der Waals surface area contributed by atoms with Crippen LogP contribution in [0.3, 0.4) is 0 Å². The Balaban J connectivity index is 1.32. The van der Waals surface area contributed by atoms with Gasteiger partial charge in [0, 0.05) is 30.1 Å². The van der Waals surface area contributed by atoms with Crippen LogP contribution in [0.5, 0.6) is 5.75 Å². The molecule has 1 N–H and O–H groups in total. The van der Waals surface area contributed by atoms with E-state index in [0.717, 1.165) is 11.4 Å². The minimum Gasteiger partial charge on any atom is -0.497 e. The normalized spacial score (nSPS) is 15.8. The van der Waals surface area contributed by atoms with Gasteiger partial charge in [-0.2, -0.15) is 9.78 Å². The average Bonchev–Trinajstić information content (AvgIpc) is 3.60. The molecule has 1 saturated heterocycles. The predicted molar refractivity (Wildman–Crippen MR) is 124 cm³/mol. The Kier molecular flexibility index (Phi) is 5.43. The highest BCUT2D eigenvalue weighted by molar-refractivity contribution is 7.12. The van der Waals surface area contributed by atoms with Crippen LogP contribution >= 0.6 is 11.3 Å². The molecule has 0 radical (unpaired) electrons. The second kappa shape index (κ2) is 8.55. The molecule has 4 aromatic rings. The molecule has 1 fully saturated rings. The molecule has 0 saturated carbocycles. The van der Waals surface area contributed by atoms with Gasteiger partial charge in [-0.15, -0.1) is 11.3 Å². The highest BCUT2D eigenvalue weighted by Gasteiger charge is 2.35. The average molecular weight is 464 g/mol. The van der Waals surface area contributed by atoms with Crippen LogP contribution in [0, 0.1) is 12.8 Å². The van der Waals surface area contributed by atoms with Crippen molar-refractivity contribution in [3.8, 4) is 22.3 Å². The quantitative estimate of drug-likeness (QED) is 0.465. The van der Waals surface area contributed by atoms with Gasteiger partial charge in [0.25, 0.3) is 0 Å². The topological polar surface area (TPSA) is 102 Å². The summed E-state index contributed by atoms with van der Waals surface area (Å²) in [6.07, 6.45) is 1.74. The molecule has 4 heterocycles. The molecule has 1 aliphatic heterocycles. The van der Waals surface area contributed by atoms with E-state index < -0.39 is 5.92 Å². The third kappa shape index (κ3) is 4.12. The van der Waals surface area contributed by atoms with Crippen molar-refractivity contribution in [1.29, 1.82) is 0 Å². The number of nitrogens with zero attached hydrogens (tertiary/aromatic N) is 4. The van der Waals surface area contributed by atoms with Gasteiger partial charge in [0.1, 0.15) is 17.3 Å². The van der Waals surface area contributed by atoms with Gasteiger partial charge >= 0.3 is 0 Å². The van der Waals surface area contributed by atoms with E-state index in [1.165, 1.54) is 11.3 Å². The summed E-state index contributed by atoms with van der Waals surface area (Å²) in [6, 6.07) is 12.6. The lowest BCUT2D eigenvalue weighted by atomic mass is 10.1. The summed E-state index contributed by atoms with van der Waals surface area (Å²) < 4.78 is 12.2. The van der Waals surface area contributed by atoms with Crippen LogP contribution in [-0.2, 0) is 9.59 Å². The van der Waals surface area contributed by atoms with Crippen molar-refractivity contribution in [2.45, 2.75) is 13.3 Å². The number of ether oxygens (including phenoxy) is 1. The van der Waals surface area contributed by atoms with Crippen molar-refractivity contribution in [3.63, 3.8) is 0 Å². The van der Waals surface area contributed by atoms with Gasteiger partial charge in [-0.3, -0.25) is 9.59 Å². The largest absolute Gasteiger partial charge is 0.497 e.